The van der Waals surface area contributed by atoms with E-state index < -0.39 is 18.8 Å². The summed E-state index contributed by atoms with van der Waals surface area (Å²) in [6.07, 6.45) is 15.8. The summed E-state index contributed by atoms with van der Waals surface area (Å²) in [5.41, 5.74) is -1.21. The molecule has 0 spiro atoms. The fourth-order valence-corrected chi connectivity index (χ4v) is 4.52. The van der Waals surface area contributed by atoms with Gasteiger partial charge in [-0.2, -0.15) is 0 Å². The number of rotatable bonds is 4. The first-order chi connectivity index (χ1) is 9.67. The molecule has 116 valence electrons. The average molecular weight is 308 g/mol. The Hall–Kier alpha value is -0.890. The Kier molecular flexibility index (Phi) is 4.49. The SMILES string of the molecule is CC1C=CC=CC1(C)OP(C)(=O)OC1(C)C=CC=CC1C. The summed E-state index contributed by atoms with van der Waals surface area (Å²) < 4.78 is 24.8. The molecule has 0 saturated carbocycles. The molecule has 0 N–H and O–H groups in total. The largest absolute Gasteiger partial charge is 0.329 e. The summed E-state index contributed by atoms with van der Waals surface area (Å²) in [7, 11) is -3.21. The predicted octanol–water partition coefficient (Wildman–Crippen LogP) is 4.88. The zero-order valence-corrected chi connectivity index (χ0v) is 14.3. The molecule has 0 radical (unpaired) electrons. The molecule has 3 nitrogen and oxygen atoms in total. The maximum absolute atomic E-state index is 12.9. The van der Waals surface area contributed by atoms with Gasteiger partial charge in [0, 0.05) is 18.5 Å². The molecule has 4 heteroatoms. The second-order valence-corrected chi connectivity index (χ2v) is 8.29. The maximum Gasteiger partial charge on any atom is 0.329 e. The third kappa shape index (κ3) is 3.66. The number of hydrogen-bond acceptors (Lipinski definition) is 3. The molecular formula is C17H25O3P. The number of hydrogen-bond donors (Lipinski definition) is 0. The Labute approximate surface area is 127 Å². The lowest BCUT2D eigenvalue weighted by Crippen LogP contribution is -2.37. The maximum atomic E-state index is 12.9. The van der Waals surface area contributed by atoms with E-state index in [1.165, 1.54) is 0 Å². The summed E-state index contributed by atoms with van der Waals surface area (Å²) in [4.78, 5) is 0. The van der Waals surface area contributed by atoms with Crippen LogP contribution in [0.1, 0.15) is 27.7 Å². The van der Waals surface area contributed by atoms with Crippen LogP contribution in [-0.2, 0) is 13.6 Å². The Morgan fingerprint density at radius 2 is 1.24 bits per heavy atom. The second-order valence-electron chi connectivity index (χ2n) is 6.39. The molecule has 0 heterocycles. The molecule has 0 aliphatic heterocycles. The van der Waals surface area contributed by atoms with E-state index in [0.29, 0.717) is 0 Å². The summed E-state index contributed by atoms with van der Waals surface area (Å²) >= 11 is 0. The topological polar surface area (TPSA) is 35.5 Å². The Morgan fingerprint density at radius 1 is 0.857 bits per heavy atom. The van der Waals surface area contributed by atoms with Crippen LogP contribution < -0.4 is 0 Å². The minimum absolute atomic E-state index is 0.145. The lowest BCUT2D eigenvalue weighted by molar-refractivity contribution is 0.0292. The molecule has 0 aromatic heterocycles. The molecule has 21 heavy (non-hydrogen) atoms. The van der Waals surface area contributed by atoms with Crippen molar-refractivity contribution < 1.29 is 13.6 Å². The molecule has 0 aromatic rings. The Balaban J connectivity index is 2.14. The van der Waals surface area contributed by atoms with Crippen molar-refractivity contribution in [2.45, 2.75) is 38.9 Å². The van der Waals surface area contributed by atoms with Crippen LogP contribution in [0.15, 0.2) is 48.6 Å². The van der Waals surface area contributed by atoms with Crippen LogP contribution in [0.5, 0.6) is 0 Å². The lowest BCUT2D eigenvalue weighted by atomic mass is 9.87. The van der Waals surface area contributed by atoms with Crippen LogP contribution in [0.25, 0.3) is 0 Å². The zero-order chi connectivity index (χ0) is 15.7. The zero-order valence-electron chi connectivity index (χ0n) is 13.4. The van der Waals surface area contributed by atoms with E-state index in [9.17, 15) is 4.57 Å². The van der Waals surface area contributed by atoms with Gasteiger partial charge < -0.3 is 0 Å². The highest BCUT2D eigenvalue weighted by molar-refractivity contribution is 7.53. The minimum Gasteiger partial charge on any atom is -0.298 e. The summed E-state index contributed by atoms with van der Waals surface area (Å²) in [6, 6.07) is 0. The van der Waals surface area contributed by atoms with E-state index in [2.05, 4.69) is 0 Å². The van der Waals surface area contributed by atoms with Crippen LogP contribution >= 0.6 is 7.60 Å². The first kappa shape index (κ1) is 16.5. The van der Waals surface area contributed by atoms with Gasteiger partial charge in [-0.3, -0.25) is 13.6 Å². The molecule has 2 aliphatic carbocycles. The van der Waals surface area contributed by atoms with Gasteiger partial charge in [0.1, 0.15) is 0 Å². The predicted molar refractivity (Wildman–Crippen MR) is 87.4 cm³/mol. The smallest absolute Gasteiger partial charge is 0.298 e. The van der Waals surface area contributed by atoms with Crippen LogP contribution in [0.4, 0.5) is 0 Å². The van der Waals surface area contributed by atoms with Crippen molar-refractivity contribution in [2.75, 3.05) is 6.66 Å². The Morgan fingerprint density at radius 3 is 1.57 bits per heavy atom. The lowest BCUT2D eigenvalue weighted by Gasteiger charge is -2.39. The van der Waals surface area contributed by atoms with Crippen LogP contribution in [0.3, 0.4) is 0 Å². The quantitative estimate of drug-likeness (QED) is 0.694. The highest BCUT2D eigenvalue weighted by Gasteiger charge is 2.41. The summed E-state index contributed by atoms with van der Waals surface area (Å²) in [6.45, 7) is 9.54. The highest BCUT2D eigenvalue weighted by atomic mass is 31.2. The van der Waals surface area contributed by atoms with Crippen molar-refractivity contribution in [2.24, 2.45) is 11.8 Å². The van der Waals surface area contributed by atoms with Crippen molar-refractivity contribution in [3.05, 3.63) is 48.6 Å². The highest BCUT2D eigenvalue weighted by Crippen LogP contribution is 2.55. The molecule has 0 fully saturated rings. The summed E-state index contributed by atoms with van der Waals surface area (Å²) in [5.74, 6) is 0.290. The standard InChI is InChI=1S/C17H25O3P/c1-14-10-6-8-12-16(14,3)19-21(5,18)20-17(4)13-9-7-11-15(17)2/h6-15H,1-5H3. The van der Waals surface area contributed by atoms with Crippen LogP contribution in [-0.4, -0.2) is 17.9 Å². The van der Waals surface area contributed by atoms with E-state index in [-0.39, 0.29) is 11.8 Å². The Bertz CT molecular complexity index is 514. The fraction of sp³-hybridized carbons (Fsp3) is 0.529. The van der Waals surface area contributed by atoms with E-state index >= 15 is 0 Å². The van der Waals surface area contributed by atoms with Crippen molar-refractivity contribution in [1.82, 2.24) is 0 Å². The van der Waals surface area contributed by atoms with Crippen LogP contribution in [0, 0.1) is 11.8 Å². The molecule has 2 rings (SSSR count). The van der Waals surface area contributed by atoms with Gasteiger partial charge in [-0.25, -0.2) is 0 Å². The molecule has 4 atom stereocenters. The first-order valence-corrected chi connectivity index (χ1v) is 9.37. The van der Waals surface area contributed by atoms with Gasteiger partial charge in [-0.1, -0.05) is 62.5 Å². The second kappa shape index (κ2) is 5.72. The average Bonchev–Trinajstić information content (AvgIpc) is 2.35. The van der Waals surface area contributed by atoms with E-state index in [4.69, 9.17) is 9.05 Å². The third-order valence-corrected chi connectivity index (χ3v) is 5.86. The molecule has 2 aliphatic rings. The third-order valence-electron chi connectivity index (χ3n) is 4.41. The van der Waals surface area contributed by atoms with E-state index in [1.807, 2.05) is 76.3 Å². The van der Waals surface area contributed by atoms with E-state index in [0.717, 1.165) is 0 Å². The van der Waals surface area contributed by atoms with Gasteiger partial charge >= 0.3 is 7.60 Å². The van der Waals surface area contributed by atoms with Gasteiger partial charge in [0.2, 0.25) is 0 Å². The van der Waals surface area contributed by atoms with Crippen molar-refractivity contribution in [3.63, 3.8) is 0 Å². The monoisotopic (exact) mass is 308 g/mol. The van der Waals surface area contributed by atoms with Gasteiger partial charge in [-0.05, 0) is 13.8 Å². The fourth-order valence-electron chi connectivity index (χ4n) is 2.60. The summed E-state index contributed by atoms with van der Waals surface area (Å²) in [5, 5.41) is 0. The van der Waals surface area contributed by atoms with Gasteiger partial charge in [0.05, 0.1) is 11.2 Å². The van der Waals surface area contributed by atoms with Gasteiger partial charge in [-0.15, -0.1) is 0 Å². The van der Waals surface area contributed by atoms with Gasteiger partial charge in [0.15, 0.2) is 0 Å². The molecule has 0 saturated heterocycles. The van der Waals surface area contributed by atoms with E-state index in [1.54, 1.807) is 6.66 Å². The van der Waals surface area contributed by atoms with Crippen molar-refractivity contribution in [3.8, 4) is 0 Å². The van der Waals surface area contributed by atoms with Crippen molar-refractivity contribution in [1.29, 1.82) is 0 Å². The molecule has 0 bridgehead atoms. The van der Waals surface area contributed by atoms with Crippen molar-refractivity contribution >= 4 is 7.60 Å². The minimum atomic E-state index is -3.21. The molecular weight excluding hydrogens is 283 g/mol. The first-order valence-electron chi connectivity index (χ1n) is 7.38. The van der Waals surface area contributed by atoms with Gasteiger partial charge in [0.25, 0.3) is 0 Å². The normalized spacial score (nSPS) is 41.2. The molecule has 4 unspecified atom stereocenters. The number of allylic oxidation sites excluding steroid dienone is 4. The molecule has 0 aromatic carbocycles. The van der Waals surface area contributed by atoms with Crippen LogP contribution in [0.2, 0.25) is 0 Å². The molecule has 0 amide bonds.